The Hall–Kier alpha value is -2.97. The molecule has 0 bridgehead atoms. The van der Waals surface area contributed by atoms with Crippen LogP contribution in [0.1, 0.15) is 10.4 Å². The van der Waals surface area contributed by atoms with E-state index in [1.165, 1.54) is 6.20 Å². The number of fused-ring (bicyclic) bond motifs is 1. The molecule has 1 aliphatic rings. The van der Waals surface area contributed by atoms with Crippen molar-refractivity contribution in [2.45, 2.75) is 0 Å². The van der Waals surface area contributed by atoms with Crippen molar-refractivity contribution in [1.29, 1.82) is 5.26 Å². The van der Waals surface area contributed by atoms with Gasteiger partial charge in [-0.25, -0.2) is 0 Å². The molecule has 24 heavy (non-hydrogen) atoms. The zero-order valence-corrected chi connectivity index (χ0v) is 13.3. The Morgan fingerprint density at radius 1 is 1.12 bits per heavy atom. The van der Waals surface area contributed by atoms with Crippen molar-refractivity contribution in [2.24, 2.45) is 0 Å². The van der Waals surface area contributed by atoms with Crippen LogP contribution in [0.3, 0.4) is 0 Å². The van der Waals surface area contributed by atoms with Crippen LogP contribution in [0.5, 0.6) is 11.5 Å². The molecule has 1 aliphatic heterocycles. The molecule has 0 saturated heterocycles. The maximum Gasteiger partial charge on any atom is 0.205 e. The molecule has 5 nitrogen and oxygen atoms in total. The second-order valence-electron chi connectivity index (χ2n) is 5.01. The number of nitrogens with one attached hydrogen (secondary N) is 1. The van der Waals surface area contributed by atoms with Crippen LogP contribution in [-0.4, -0.2) is 19.0 Å². The van der Waals surface area contributed by atoms with Crippen LogP contribution in [-0.2, 0) is 0 Å². The van der Waals surface area contributed by atoms with Gasteiger partial charge in [-0.05, 0) is 36.4 Å². The van der Waals surface area contributed by atoms with E-state index in [0.717, 1.165) is 0 Å². The number of anilines is 1. The molecule has 1 N–H and O–H groups in total. The Bertz CT molecular complexity index is 838. The maximum atomic E-state index is 12.3. The summed E-state index contributed by atoms with van der Waals surface area (Å²) in [5.41, 5.74) is 1.08. The molecule has 0 saturated carbocycles. The van der Waals surface area contributed by atoms with Gasteiger partial charge in [0.05, 0.1) is 0 Å². The van der Waals surface area contributed by atoms with Crippen LogP contribution in [0.4, 0.5) is 5.69 Å². The van der Waals surface area contributed by atoms with E-state index in [0.29, 0.717) is 41.0 Å². The minimum absolute atomic E-state index is 0.00721. The number of hydrogen-bond donors (Lipinski definition) is 1. The van der Waals surface area contributed by atoms with Crippen LogP contribution in [0.15, 0.2) is 54.2 Å². The predicted octanol–water partition coefficient (Wildman–Crippen LogP) is 3.81. The van der Waals surface area contributed by atoms with Gasteiger partial charge in [-0.2, -0.15) is 5.26 Å². The number of nitrogens with zero attached hydrogens (tertiary/aromatic N) is 1. The normalized spacial score (nSPS) is 13.1. The fourth-order valence-corrected chi connectivity index (χ4v) is 2.32. The topological polar surface area (TPSA) is 71.3 Å². The van der Waals surface area contributed by atoms with Gasteiger partial charge in [-0.1, -0.05) is 11.6 Å². The van der Waals surface area contributed by atoms with E-state index in [1.807, 2.05) is 6.07 Å². The second kappa shape index (κ2) is 7.07. The molecule has 0 aromatic heterocycles. The van der Waals surface area contributed by atoms with Gasteiger partial charge in [0.1, 0.15) is 24.9 Å². The van der Waals surface area contributed by atoms with E-state index < -0.39 is 0 Å². The lowest BCUT2D eigenvalue weighted by Gasteiger charge is -2.18. The van der Waals surface area contributed by atoms with Gasteiger partial charge in [0.2, 0.25) is 5.78 Å². The average Bonchev–Trinajstić information content (AvgIpc) is 2.62. The molecule has 0 spiro atoms. The lowest BCUT2D eigenvalue weighted by Crippen LogP contribution is -2.15. The Morgan fingerprint density at radius 3 is 2.54 bits per heavy atom. The number of ether oxygens (including phenoxy) is 2. The molecular formula is C18H13ClN2O3. The van der Waals surface area contributed by atoms with Gasteiger partial charge < -0.3 is 14.8 Å². The van der Waals surface area contributed by atoms with Gasteiger partial charge >= 0.3 is 0 Å². The number of hydrogen-bond acceptors (Lipinski definition) is 5. The maximum absolute atomic E-state index is 12.3. The summed E-state index contributed by atoms with van der Waals surface area (Å²) in [7, 11) is 0. The van der Waals surface area contributed by atoms with Crippen molar-refractivity contribution >= 4 is 23.1 Å². The molecule has 2 aromatic carbocycles. The largest absolute Gasteiger partial charge is 0.486 e. The molecule has 6 heteroatoms. The highest BCUT2D eigenvalue weighted by atomic mass is 35.5. The minimum atomic E-state index is -0.376. The van der Waals surface area contributed by atoms with E-state index in [4.69, 9.17) is 21.1 Å². The van der Waals surface area contributed by atoms with E-state index in [9.17, 15) is 10.1 Å². The number of nitriles is 1. The highest BCUT2D eigenvalue weighted by Gasteiger charge is 2.13. The first kappa shape index (κ1) is 15.9. The number of rotatable bonds is 4. The number of benzene rings is 2. The zero-order valence-electron chi connectivity index (χ0n) is 12.6. The molecule has 0 radical (unpaired) electrons. The van der Waals surface area contributed by atoms with Crippen LogP contribution in [0.25, 0.3) is 0 Å². The summed E-state index contributed by atoms with van der Waals surface area (Å²) in [6, 6.07) is 13.6. The van der Waals surface area contributed by atoms with E-state index in [1.54, 1.807) is 42.5 Å². The van der Waals surface area contributed by atoms with Crippen LogP contribution in [0.2, 0.25) is 5.02 Å². The van der Waals surface area contributed by atoms with Gasteiger partial charge in [-0.15, -0.1) is 0 Å². The summed E-state index contributed by atoms with van der Waals surface area (Å²) >= 11 is 5.80. The SMILES string of the molecule is N#C/C(=C\Nc1ccc2c(c1)OCCO2)C(=O)c1ccc(Cl)cc1. The molecule has 120 valence electrons. The molecule has 0 aliphatic carbocycles. The average molecular weight is 341 g/mol. The summed E-state index contributed by atoms with van der Waals surface area (Å²) in [6.07, 6.45) is 1.38. The van der Waals surface area contributed by atoms with Crippen molar-refractivity contribution in [3.63, 3.8) is 0 Å². The quantitative estimate of drug-likeness (QED) is 0.520. The molecule has 0 fully saturated rings. The highest BCUT2D eigenvalue weighted by molar-refractivity contribution is 6.30. The van der Waals surface area contributed by atoms with E-state index >= 15 is 0 Å². The second-order valence-corrected chi connectivity index (χ2v) is 5.45. The number of halogens is 1. The smallest absolute Gasteiger partial charge is 0.205 e. The summed E-state index contributed by atoms with van der Waals surface area (Å²) in [5, 5.41) is 12.7. The lowest BCUT2D eigenvalue weighted by molar-refractivity contribution is 0.103. The summed E-state index contributed by atoms with van der Waals surface area (Å²) in [6.45, 7) is 1.01. The van der Waals surface area contributed by atoms with Crippen molar-refractivity contribution in [3.05, 3.63) is 64.8 Å². The Kier molecular flexibility index (Phi) is 4.69. The van der Waals surface area contributed by atoms with E-state index in [2.05, 4.69) is 5.32 Å². The predicted molar refractivity (Wildman–Crippen MR) is 90.5 cm³/mol. The van der Waals surface area contributed by atoms with Gasteiger partial charge in [0, 0.05) is 28.5 Å². The zero-order chi connectivity index (χ0) is 16.9. The van der Waals surface area contributed by atoms with Crippen LogP contribution in [0, 0.1) is 11.3 Å². The molecule has 2 aromatic rings. The first-order chi connectivity index (χ1) is 11.7. The van der Waals surface area contributed by atoms with Gasteiger partial charge in [-0.3, -0.25) is 4.79 Å². The third kappa shape index (κ3) is 3.50. The first-order valence-corrected chi connectivity index (χ1v) is 7.62. The van der Waals surface area contributed by atoms with E-state index in [-0.39, 0.29) is 11.4 Å². The third-order valence-electron chi connectivity index (χ3n) is 3.40. The van der Waals surface area contributed by atoms with Gasteiger partial charge in [0.25, 0.3) is 0 Å². The van der Waals surface area contributed by atoms with Crippen molar-refractivity contribution in [1.82, 2.24) is 0 Å². The summed E-state index contributed by atoms with van der Waals surface area (Å²) < 4.78 is 10.9. The Balaban J connectivity index is 1.77. The number of carbonyl (C=O) groups excluding carboxylic acids is 1. The molecular weight excluding hydrogens is 328 g/mol. The van der Waals surface area contributed by atoms with Crippen molar-refractivity contribution in [2.75, 3.05) is 18.5 Å². The van der Waals surface area contributed by atoms with Gasteiger partial charge in [0.15, 0.2) is 11.5 Å². The minimum Gasteiger partial charge on any atom is -0.486 e. The fourth-order valence-electron chi connectivity index (χ4n) is 2.19. The van der Waals surface area contributed by atoms with Crippen molar-refractivity contribution in [3.8, 4) is 17.6 Å². The van der Waals surface area contributed by atoms with Crippen LogP contribution < -0.4 is 14.8 Å². The third-order valence-corrected chi connectivity index (χ3v) is 3.65. The number of allylic oxidation sites excluding steroid dienone is 1. The Labute approximate surface area is 144 Å². The number of carbonyl (C=O) groups is 1. The summed E-state index contributed by atoms with van der Waals surface area (Å²) in [4.78, 5) is 12.3. The van der Waals surface area contributed by atoms with Crippen LogP contribution >= 0.6 is 11.6 Å². The molecule has 1 heterocycles. The Morgan fingerprint density at radius 2 is 1.83 bits per heavy atom. The lowest BCUT2D eigenvalue weighted by atomic mass is 10.1. The summed E-state index contributed by atoms with van der Waals surface area (Å²) in [5.74, 6) is 0.926. The molecule has 0 unspecified atom stereocenters. The monoisotopic (exact) mass is 340 g/mol. The molecule has 0 amide bonds. The molecule has 0 atom stereocenters. The number of ketones is 1. The molecule has 3 rings (SSSR count). The fraction of sp³-hybridized carbons (Fsp3) is 0.111. The first-order valence-electron chi connectivity index (χ1n) is 7.24. The highest BCUT2D eigenvalue weighted by Crippen LogP contribution is 2.32. The van der Waals surface area contributed by atoms with Crippen molar-refractivity contribution < 1.29 is 14.3 Å². The number of Topliss-reactive ketones (excluding diaryl/α,β-unsaturated/α-hetero) is 1. The standard InChI is InChI=1S/C18H13ClN2O3/c19-14-3-1-12(2-4-14)18(22)13(10-20)11-21-15-5-6-16-17(9-15)24-8-7-23-16/h1-6,9,11,21H,7-8H2/b13-11+.